The first-order valence-electron chi connectivity index (χ1n) is 13.7. The first-order chi connectivity index (χ1) is 21.1. The third-order valence-electron chi connectivity index (χ3n) is 8.23. The van der Waals surface area contributed by atoms with Gasteiger partial charge in [0.05, 0.1) is 18.8 Å². The van der Waals surface area contributed by atoms with Crippen molar-refractivity contribution in [1.82, 2.24) is 5.16 Å². The Morgan fingerprint density at radius 1 is 0.826 bits per heavy atom. The summed E-state index contributed by atoms with van der Waals surface area (Å²) in [7, 11) is -7.03. The fourth-order valence-corrected chi connectivity index (χ4v) is 7.02. The number of benzene rings is 1. The van der Waals surface area contributed by atoms with Crippen molar-refractivity contribution in [3.8, 4) is 17.0 Å². The number of fused-ring (bicyclic) bond motifs is 2. The molecule has 0 radical (unpaired) electrons. The SMILES string of the molecule is O=S(=O)(OC1[C@@H]2CC[C@H]1CC(OCc1c(-c3ccccc3OC(F)(F)F)noc1C1CC1)C2)C(F)(F)C(F)(F)C(F)(F)C(F)(F)F. The highest BCUT2D eigenvalue weighted by Crippen LogP contribution is 2.56. The van der Waals surface area contributed by atoms with E-state index in [1.54, 1.807) is 0 Å². The van der Waals surface area contributed by atoms with Gasteiger partial charge >= 0.3 is 39.8 Å². The maximum absolute atomic E-state index is 14.2. The summed E-state index contributed by atoms with van der Waals surface area (Å²) in [6.07, 6.45) is -13.4. The van der Waals surface area contributed by atoms with Crippen LogP contribution in [0, 0.1) is 11.8 Å². The van der Waals surface area contributed by atoms with E-state index < -0.39 is 69.5 Å². The van der Waals surface area contributed by atoms with Gasteiger partial charge in [-0.05, 0) is 62.5 Å². The second-order valence-corrected chi connectivity index (χ2v) is 13.0. The van der Waals surface area contributed by atoms with Crippen LogP contribution in [-0.4, -0.2) is 55.4 Å². The molecular weight excluding hydrogens is 682 g/mol. The maximum atomic E-state index is 14.2. The average Bonchev–Trinajstić information content (AvgIpc) is 3.65. The fourth-order valence-electron chi connectivity index (χ4n) is 5.85. The first kappa shape index (κ1) is 34.6. The van der Waals surface area contributed by atoms with Crippen molar-refractivity contribution >= 4 is 10.1 Å². The van der Waals surface area contributed by atoms with Crippen LogP contribution in [0.4, 0.5) is 52.7 Å². The average molecular weight is 706 g/mol. The largest absolute Gasteiger partial charge is 0.573 e. The first-order valence-corrected chi connectivity index (χ1v) is 15.1. The highest BCUT2D eigenvalue weighted by Gasteiger charge is 2.86. The van der Waals surface area contributed by atoms with Crippen molar-refractivity contribution < 1.29 is 79.3 Å². The summed E-state index contributed by atoms with van der Waals surface area (Å²) in [5, 5.41) is -3.03. The van der Waals surface area contributed by atoms with E-state index in [1.807, 2.05) is 0 Å². The number of halogens is 12. The summed E-state index contributed by atoms with van der Waals surface area (Å²) in [4.78, 5) is 0. The van der Waals surface area contributed by atoms with Crippen molar-refractivity contribution in [2.45, 2.75) is 92.9 Å². The van der Waals surface area contributed by atoms with Gasteiger partial charge in [0.2, 0.25) is 0 Å². The zero-order valence-electron chi connectivity index (χ0n) is 23.0. The van der Waals surface area contributed by atoms with Crippen LogP contribution < -0.4 is 4.74 Å². The highest BCUT2D eigenvalue weighted by molar-refractivity contribution is 7.87. The van der Waals surface area contributed by atoms with Gasteiger partial charge in [0.25, 0.3) is 0 Å². The Labute approximate surface area is 252 Å². The van der Waals surface area contributed by atoms with Crippen molar-refractivity contribution in [3.05, 3.63) is 35.6 Å². The van der Waals surface area contributed by atoms with Gasteiger partial charge in [0, 0.05) is 17.0 Å². The summed E-state index contributed by atoms with van der Waals surface area (Å²) >= 11 is 0. The molecule has 258 valence electrons. The Morgan fingerprint density at radius 2 is 1.41 bits per heavy atom. The zero-order valence-corrected chi connectivity index (χ0v) is 23.8. The molecule has 4 atom stereocenters. The molecule has 46 heavy (non-hydrogen) atoms. The van der Waals surface area contributed by atoms with Crippen molar-refractivity contribution in [2.24, 2.45) is 11.8 Å². The van der Waals surface area contributed by atoms with E-state index in [4.69, 9.17) is 9.26 Å². The molecule has 0 saturated heterocycles. The van der Waals surface area contributed by atoms with Gasteiger partial charge in [-0.25, -0.2) is 0 Å². The predicted octanol–water partition coefficient (Wildman–Crippen LogP) is 7.96. The number of rotatable bonds is 11. The van der Waals surface area contributed by atoms with Crippen LogP contribution >= 0.6 is 0 Å². The molecule has 3 fully saturated rings. The standard InChI is InChI=1S/C26H23F12NO6S/c27-22(28,24(31,32)33)23(29,30)25(34,35)46(40,41)45-20-13-7-8-14(20)10-15(9-13)42-11-17-19(39-44-21(17)12-5-6-12)16-3-1-2-4-18(16)43-26(36,37)38/h1-4,12-15,20H,5-11H2/t13-,14+,15?,20?. The summed E-state index contributed by atoms with van der Waals surface area (Å²) in [5.74, 6) is -17.1. The number of hydrogen-bond acceptors (Lipinski definition) is 7. The fraction of sp³-hybridized carbons (Fsp3) is 0.654. The molecule has 2 unspecified atom stereocenters. The monoisotopic (exact) mass is 705 g/mol. The van der Waals surface area contributed by atoms with E-state index in [1.165, 1.54) is 18.2 Å². The predicted molar refractivity (Wildman–Crippen MR) is 129 cm³/mol. The molecule has 0 aliphatic heterocycles. The van der Waals surface area contributed by atoms with Crippen LogP contribution in [-0.2, 0) is 25.6 Å². The highest BCUT2D eigenvalue weighted by atomic mass is 32.2. The second-order valence-electron chi connectivity index (χ2n) is 11.4. The molecule has 3 aliphatic rings. The number of nitrogens with zero attached hydrogens (tertiary/aromatic N) is 1. The molecule has 2 bridgehead atoms. The smallest absolute Gasteiger partial charge is 0.405 e. The van der Waals surface area contributed by atoms with Gasteiger partial charge in [-0.1, -0.05) is 17.3 Å². The molecule has 1 aromatic heterocycles. The minimum absolute atomic E-state index is 0.00773. The number of hydrogen-bond donors (Lipinski definition) is 0. The third-order valence-corrected chi connectivity index (χ3v) is 9.59. The Bertz CT molecular complexity index is 1520. The Hall–Kier alpha value is -2.74. The van der Waals surface area contributed by atoms with E-state index in [0.29, 0.717) is 24.2 Å². The minimum Gasteiger partial charge on any atom is -0.405 e. The lowest BCUT2D eigenvalue weighted by molar-refractivity contribution is -0.383. The number of para-hydroxylation sites is 1. The lowest BCUT2D eigenvalue weighted by Gasteiger charge is -2.37. The van der Waals surface area contributed by atoms with E-state index >= 15 is 0 Å². The van der Waals surface area contributed by atoms with E-state index in [2.05, 4.69) is 14.1 Å². The van der Waals surface area contributed by atoms with E-state index in [9.17, 15) is 61.1 Å². The molecule has 5 rings (SSSR count). The van der Waals surface area contributed by atoms with Gasteiger partial charge in [0.1, 0.15) is 17.2 Å². The van der Waals surface area contributed by atoms with Crippen LogP contribution in [0.1, 0.15) is 55.8 Å². The minimum atomic E-state index is -7.41. The molecule has 7 nitrogen and oxygen atoms in total. The van der Waals surface area contributed by atoms with Crippen LogP contribution in [0.2, 0.25) is 0 Å². The quantitative estimate of drug-likeness (QED) is 0.173. The number of aromatic nitrogens is 1. The third kappa shape index (κ3) is 6.15. The topological polar surface area (TPSA) is 87.9 Å². The Balaban J connectivity index is 1.31. The normalized spacial score (nSPS) is 24.8. The molecule has 3 aliphatic carbocycles. The molecule has 2 aromatic rings. The van der Waals surface area contributed by atoms with Crippen LogP contribution in [0.3, 0.4) is 0 Å². The summed E-state index contributed by atoms with van der Waals surface area (Å²) in [6, 6.07) is 5.12. The molecule has 20 heteroatoms. The van der Waals surface area contributed by atoms with E-state index in [-0.39, 0.29) is 49.5 Å². The van der Waals surface area contributed by atoms with E-state index in [0.717, 1.165) is 6.07 Å². The molecular formula is C26H23F12NO6S. The van der Waals surface area contributed by atoms with Gasteiger partial charge in [-0.3, -0.25) is 4.18 Å². The lowest BCUT2D eigenvalue weighted by Crippen LogP contribution is -2.63. The van der Waals surface area contributed by atoms with Crippen molar-refractivity contribution in [3.63, 3.8) is 0 Å². The Kier molecular flexibility index (Phi) is 8.61. The summed E-state index contributed by atoms with van der Waals surface area (Å²) < 4.78 is 203. The van der Waals surface area contributed by atoms with Crippen molar-refractivity contribution in [1.29, 1.82) is 0 Å². The van der Waals surface area contributed by atoms with Crippen molar-refractivity contribution in [2.75, 3.05) is 0 Å². The van der Waals surface area contributed by atoms with Gasteiger partial charge in [-0.2, -0.15) is 47.9 Å². The zero-order chi connectivity index (χ0) is 34.1. The molecule has 3 saturated carbocycles. The maximum Gasteiger partial charge on any atom is 0.573 e. The molecule has 0 amide bonds. The Morgan fingerprint density at radius 3 is 1.96 bits per heavy atom. The number of ether oxygens (including phenoxy) is 2. The molecule has 0 spiro atoms. The van der Waals surface area contributed by atoms with Crippen LogP contribution in [0.5, 0.6) is 5.75 Å². The molecule has 1 aromatic carbocycles. The van der Waals surface area contributed by atoms with Gasteiger partial charge < -0.3 is 14.0 Å². The summed E-state index contributed by atoms with van der Waals surface area (Å²) in [6.45, 7) is -0.282. The molecule has 0 N–H and O–H groups in total. The second kappa shape index (κ2) is 11.5. The number of alkyl halides is 12. The summed E-state index contributed by atoms with van der Waals surface area (Å²) in [5.41, 5.74) is 0.221. The van der Waals surface area contributed by atoms with Crippen LogP contribution in [0.25, 0.3) is 11.3 Å². The molecule has 1 heterocycles. The van der Waals surface area contributed by atoms with Gasteiger partial charge in [0.15, 0.2) is 0 Å². The lowest BCUT2D eigenvalue weighted by atomic mass is 9.84. The van der Waals surface area contributed by atoms with Crippen LogP contribution in [0.15, 0.2) is 28.8 Å². The van der Waals surface area contributed by atoms with Gasteiger partial charge in [-0.15, -0.1) is 13.2 Å².